The molecule has 6 rings (SSSR count). The Kier molecular flexibility index (Phi) is 6.84. The number of rotatable bonds is 5. The number of para-hydroxylation sites is 1. The maximum atomic E-state index is 14.9. The number of fused-ring (bicyclic) bond motifs is 4. The van der Waals surface area contributed by atoms with Crippen LogP contribution in [-0.2, 0) is 37.6 Å². The quantitative estimate of drug-likeness (QED) is 0.439. The topological polar surface area (TPSA) is 113 Å². The van der Waals surface area contributed by atoms with E-state index in [4.69, 9.17) is 43.1 Å². The zero-order chi connectivity index (χ0) is 29.1. The van der Waals surface area contributed by atoms with Crippen molar-refractivity contribution in [2.75, 3.05) is 18.6 Å². The molecule has 3 aromatic rings. The maximum absolute atomic E-state index is 14.9. The Labute approximate surface area is 246 Å². The number of carbonyl (C=O) groups is 2. The van der Waals surface area contributed by atoms with Crippen LogP contribution < -0.4 is 20.9 Å². The fourth-order valence-electron chi connectivity index (χ4n) is 6.13. The number of esters is 1. The number of ether oxygens (including phenoxy) is 3. The molecule has 1 amide bonds. The zero-order valence-electron chi connectivity index (χ0n) is 22.4. The summed E-state index contributed by atoms with van der Waals surface area (Å²) in [5, 5.41) is 0.714. The van der Waals surface area contributed by atoms with Crippen molar-refractivity contribution < 1.29 is 23.8 Å². The number of pyridine rings is 1. The molecule has 0 saturated carbocycles. The third-order valence-corrected chi connectivity index (χ3v) is 8.72. The number of halogens is 2. The first kappa shape index (κ1) is 27.4. The van der Waals surface area contributed by atoms with Crippen LogP contribution in [0.4, 0.5) is 5.69 Å². The molecule has 0 radical (unpaired) electrons. The lowest BCUT2D eigenvalue weighted by Gasteiger charge is -2.36. The number of anilines is 1. The molecule has 2 aromatic carbocycles. The molecule has 212 valence electrons. The summed E-state index contributed by atoms with van der Waals surface area (Å²) < 4.78 is 18.4. The number of aryl methyl sites for hydroxylation is 1. The van der Waals surface area contributed by atoms with Crippen molar-refractivity contribution in [1.82, 2.24) is 4.57 Å². The fraction of sp³-hybridized carbons (Fsp3) is 0.300. The minimum absolute atomic E-state index is 0.00443. The highest BCUT2D eigenvalue weighted by molar-refractivity contribution is 6.42. The smallest absolute Gasteiger partial charge is 0.340 e. The molecule has 2 atom stereocenters. The maximum Gasteiger partial charge on any atom is 0.340 e. The summed E-state index contributed by atoms with van der Waals surface area (Å²) in [7, 11) is 1.19. The highest BCUT2D eigenvalue weighted by Gasteiger charge is 2.62. The number of nitrogens with two attached hydrogens (primary N) is 1. The van der Waals surface area contributed by atoms with Gasteiger partial charge in [-0.15, -0.1) is 0 Å². The third-order valence-electron chi connectivity index (χ3n) is 7.98. The molecule has 9 nitrogen and oxygen atoms in total. The van der Waals surface area contributed by atoms with E-state index in [-0.39, 0.29) is 35.4 Å². The van der Waals surface area contributed by atoms with Crippen LogP contribution in [0.15, 0.2) is 64.8 Å². The van der Waals surface area contributed by atoms with Gasteiger partial charge in [0.2, 0.25) is 11.8 Å². The molecule has 1 saturated heterocycles. The molecule has 41 heavy (non-hydrogen) atoms. The second-order valence-corrected chi connectivity index (χ2v) is 11.1. The second kappa shape index (κ2) is 10.2. The first-order valence-corrected chi connectivity index (χ1v) is 13.9. The number of aromatic nitrogens is 1. The Morgan fingerprint density at radius 2 is 1.93 bits per heavy atom. The minimum atomic E-state index is -1.92. The first-order chi connectivity index (χ1) is 19.7. The van der Waals surface area contributed by atoms with E-state index in [1.165, 1.54) is 12.0 Å². The number of hydrogen-bond donors (Lipinski definition) is 1. The van der Waals surface area contributed by atoms with E-state index >= 15 is 0 Å². The van der Waals surface area contributed by atoms with Gasteiger partial charge in [0, 0.05) is 29.6 Å². The molecule has 2 unspecified atom stereocenters. The van der Waals surface area contributed by atoms with Crippen LogP contribution in [0, 0.1) is 6.92 Å². The van der Waals surface area contributed by atoms with Crippen LogP contribution >= 0.6 is 23.2 Å². The van der Waals surface area contributed by atoms with Gasteiger partial charge in [0.1, 0.15) is 16.7 Å². The van der Waals surface area contributed by atoms with Crippen molar-refractivity contribution in [1.29, 1.82) is 0 Å². The van der Waals surface area contributed by atoms with Crippen molar-refractivity contribution in [3.8, 4) is 5.75 Å². The Morgan fingerprint density at radius 1 is 1.15 bits per heavy atom. The molecule has 1 fully saturated rings. The van der Waals surface area contributed by atoms with Gasteiger partial charge in [0.05, 0.1) is 41.9 Å². The molecule has 3 aliphatic heterocycles. The number of benzene rings is 2. The van der Waals surface area contributed by atoms with Crippen LogP contribution in [0.5, 0.6) is 5.75 Å². The first-order valence-electron chi connectivity index (χ1n) is 13.2. The van der Waals surface area contributed by atoms with Crippen molar-refractivity contribution in [2.24, 2.45) is 5.73 Å². The minimum Gasteiger partial charge on any atom is -0.465 e. The normalized spacial score (nSPS) is 21.2. The van der Waals surface area contributed by atoms with Crippen molar-refractivity contribution in [2.45, 2.75) is 44.4 Å². The van der Waals surface area contributed by atoms with Gasteiger partial charge < -0.3 is 29.4 Å². The van der Waals surface area contributed by atoms with E-state index in [1.54, 1.807) is 60.0 Å². The number of carbonyl (C=O) groups excluding carboxylic acids is 2. The van der Waals surface area contributed by atoms with Gasteiger partial charge in [-0.25, -0.2) is 4.79 Å². The predicted octanol–water partition coefficient (Wildman–Crippen LogP) is 4.21. The fourth-order valence-corrected chi connectivity index (χ4v) is 6.45. The highest BCUT2D eigenvalue weighted by Crippen LogP contribution is 2.55. The average molecular weight is 596 g/mol. The van der Waals surface area contributed by atoms with Gasteiger partial charge in [-0.2, -0.15) is 0 Å². The molecular formula is C30H27Cl2N3O6. The number of nitrogens with zero attached hydrogens (tertiary/aromatic N) is 2. The molecule has 11 heteroatoms. The lowest BCUT2D eigenvalue weighted by atomic mass is 9.68. The molecule has 4 heterocycles. The summed E-state index contributed by atoms with van der Waals surface area (Å²) in [5.41, 5.74) is 5.99. The second-order valence-electron chi connectivity index (χ2n) is 10.3. The van der Waals surface area contributed by atoms with Gasteiger partial charge in [-0.3, -0.25) is 9.59 Å². The van der Waals surface area contributed by atoms with Crippen LogP contribution in [0.3, 0.4) is 0 Å². The van der Waals surface area contributed by atoms with Crippen LogP contribution in [-0.4, -0.2) is 36.3 Å². The standard InChI is InChI=1S/C30H27Cl2N3O6/c1-16-12-23-24(27(36)34(16)15-18-6-5-11-40-18)30(25(26(33)41-23)28(37)39-2)19-7-3-4-8-22(19)35(29(30)38)14-17-9-10-20(31)21(32)13-17/h3-4,7-10,12-13,18H,5-6,11,14-15,33H2,1-2H3. The molecular weight excluding hydrogens is 569 g/mol. The van der Waals surface area contributed by atoms with Crippen molar-refractivity contribution >= 4 is 40.8 Å². The summed E-state index contributed by atoms with van der Waals surface area (Å²) in [5.74, 6) is -1.61. The Morgan fingerprint density at radius 3 is 2.63 bits per heavy atom. The lowest BCUT2D eigenvalue weighted by Crippen LogP contribution is -2.52. The average Bonchev–Trinajstić information content (AvgIpc) is 3.54. The summed E-state index contributed by atoms with van der Waals surface area (Å²) in [6, 6.07) is 13.8. The van der Waals surface area contributed by atoms with E-state index in [1.807, 2.05) is 0 Å². The third kappa shape index (κ3) is 4.14. The Balaban J connectivity index is 1.62. The Bertz CT molecular complexity index is 1690. The molecule has 1 aromatic heterocycles. The number of methoxy groups -OCH3 is 1. The molecule has 1 spiro atoms. The van der Waals surface area contributed by atoms with E-state index in [0.717, 1.165) is 12.8 Å². The van der Waals surface area contributed by atoms with E-state index < -0.39 is 22.9 Å². The summed E-state index contributed by atoms with van der Waals surface area (Å²) >= 11 is 12.4. The van der Waals surface area contributed by atoms with Gasteiger partial charge >= 0.3 is 5.97 Å². The molecule has 3 aliphatic rings. The number of amides is 1. The monoisotopic (exact) mass is 595 g/mol. The van der Waals surface area contributed by atoms with Crippen LogP contribution in [0.2, 0.25) is 10.0 Å². The van der Waals surface area contributed by atoms with Crippen LogP contribution in [0.25, 0.3) is 0 Å². The van der Waals surface area contributed by atoms with E-state index in [2.05, 4.69) is 0 Å². The molecule has 0 bridgehead atoms. The largest absolute Gasteiger partial charge is 0.465 e. The predicted molar refractivity (Wildman–Crippen MR) is 153 cm³/mol. The van der Waals surface area contributed by atoms with Gasteiger partial charge in [-0.1, -0.05) is 47.5 Å². The lowest BCUT2D eigenvalue weighted by molar-refractivity contribution is -0.138. The van der Waals surface area contributed by atoms with Gasteiger partial charge in [0.25, 0.3) is 5.56 Å². The van der Waals surface area contributed by atoms with Crippen LogP contribution in [0.1, 0.15) is 35.2 Å². The summed E-state index contributed by atoms with van der Waals surface area (Å²) in [6.07, 6.45) is 1.56. The van der Waals surface area contributed by atoms with Crippen molar-refractivity contribution in [3.05, 3.63) is 103 Å². The van der Waals surface area contributed by atoms with E-state index in [9.17, 15) is 14.4 Å². The zero-order valence-corrected chi connectivity index (χ0v) is 23.9. The molecule has 0 aliphatic carbocycles. The molecule has 2 N–H and O–H groups in total. The van der Waals surface area contributed by atoms with Gasteiger partial charge in [0.15, 0.2) is 0 Å². The van der Waals surface area contributed by atoms with Crippen molar-refractivity contribution in [3.63, 3.8) is 0 Å². The van der Waals surface area contributed by atoms with Gasteiger partial charge in [-0.05, 0) is 43.5 Å². The summed E-state index contributed by atoms with van der Waals surface area (Å²) in [4.78, 5) is 44.3. The SMILES string of the molecule is COC(=O)C1=C(N)Oc2cc(C)n(CC3CCCO3)c(=O)c2C12C(=O)N(Cc1ccc(Cl)c(Cl)c1)c1ccccc12. The highest BCUT2D eigenvalue weighted by atomic mass is 35.5. The van der Waals surface area contributed by atoms with E-state index in [0.29, 0.717) is 45.7 Å². The summed E-state index contributed by atoms with van der Waals surface area (Å²) in [6.45, 7) is 2.79. The Hall–Kier alpha value is -3.79. The number of hydrogen-bond acceptors (Lipinski definition) is 7.